The van der Waals surface area contributed by atoms with E-state index in [1.165, 1.54) is 0 Å². The number of aryl methyl sites for hydroxylation is 1. The van der Waals surface area contributed by atoms with Crippen LogP contribution in [0.25, 0.3) is 11.0 Å². The van der Waals surface area contributed by atoms with Gasteiger partial charge in [0.1, 0.15) is 11.3 Å². The van der Waals surface area contributed by atoms with Crippen LogP contribution in [0.5, 0.6) is 0 Å². The lowest BCUT2D eigenvalue weighted by Gasteiger charge is -2.43. The second kappa shape index (κ2) is 10.9. The van der Waals surface area contributed by atoms with Gasteiger partial charge in [-0.05, 0) is 69.8 Å². The minimum absolute atomic E-state index is 0.0581. The molecule has 1 amide bonds. The first-order valence-corrected chi connectivity index (χ1v) is 13.5. The van der Waals surface area contributed by atoms with E-state index in [0.29, 0.717) is 26.2 Å². The molecule has 8 heteroatoms. The molecule has 2 fully saturated rings. The highest BCUT2D eigenvalue weighted by molar-refractivity contribution is 5.93. The Hall–Kier alpha value is -3.39. The summed E-state index contributed by atoms with van der Waals surface area (Å²) in [5.74, 6) is 0.432. The fourth-order valence-corrected chi connectivity index (χ4v) is 5.98. The number of amides is 1. The van der Waals surface area contributed by atoms with E-state index in [1.54, 1.807) is 6.92 Å². The Morgan fingerprint density at radius 3 is 2.38 bits per heavy atom. The summed E-state index contributed by atoms with van der Waals surface area (Å²) in [7, 11) is 0. The number of piperidine rings is 1. The molecule has 0 radical (unpaired) electrons. The van der Waals surface area contributed by atoms with Gasteiger partial charge in [-0.25, -0.2) is 4.79 Å². The molecule has 196 valence electrons. The lowest BCUT2D eigenvalue weighted by molar-refractivity contribution is -0.133. The van der Waals surface area contributed by atoms with Crippen molar-refractivity contribution in [3.05, 3.63) is 65.1 Å². The highest BCUT2D eigenvalue weighted by atomic mass is 16.2. The summed E-state index contributed by atoms with van der Waals surface area (Å²) >= 11 is 0. The predicted octanol–water partition coefficient (Wildman–Crippen LogP) is 3.62. The first-order valence-electron chi connectivity index (χ1n) is 13.5. The molecule has 2 aliphatic heterocycles. The Bertz CT molecular complexity index is 1290. The number of imidazole rings is 1. The first kappa shape index (κ1) is 25.3. The van der Waals surface area contributed by atoms with Crippen LogP contribution < -0.4 is 10.6 Å². The number of Topliss-reactive ketones (excluding diaryl/α,β-unsaturated/α-hetero) is 1. The van der Waals surface area contributed by atoms with Crippen molar-refractivity contribution in [3.8, 4) is 0 Å². The van der Waals surface area contributed by atoms with Crippen molar-refractivity contribution < 1.29 is 9.59 Å². The summed E-state index contributed by atoms with van der Waals surface area (Å²) in [5, 5.41) is 0. The molecule has 1 spiro atoms. The van der Waals surface area contributed by atoms with E-state index < -0.39 is 5.54 Å². The number of hydrogen-bond donors (Lipinski definition) is 1. The third kappa shape index (κ3) is 5.21. The molecule has 0 unspecified atom stereocenters. The zero-order chi connectivity index (χ0) is 25.8. The van der Waals surface area contributed by atoms with Crippen molar-refractivity contribution >= 4 is 28.4 Å². The van der Waals surface area contributed by atoms with Crippen LogP contribution >= 0.6 is 0 Å². The summed E-state index contributed by atoms with van der Waals surface area (Å²) in [6.45, 7) is 6.21. The second-order valence-electron chi connectivity index (χ2n) is 10.5. The molecule has 0 aliphatic carbocycles. The van der Waals surface area contributed by atoms with Gasteiger partial charge in [0, 0.05) is 38.3 Å². The number of aromatic nitrogens is 2. The van der Waals surface area contributed by atoms with Gasteiger partial charge in [-0.1, -0.05) is 30.3 Å². The van der Waals surface area contributed by atoms with Crippen LogP contribution in [0.3, 0.4) is 0 Å². The molecule has 1 aromatic heterocycles. The maximum absolute atomic E-state index is 13.8. The van der Waals surface area contributed by atoms with Gasteiger partial charge in [0.2, 0.25) is 5.91 Å². The van der Waals surface area contributed by atoms with Gasteiger partial charge < -0.3 is 24.5 Å². The van der Waals surface area contributed by atoms with E-state index >= 15 is 0 Å². The molecule has 0 atom stereocenters. The lowest BCUT2D eigenvalue weighted by atomic mass is 9.85. The average Bonchev–Trinajstić information content (AvgIpc) is 3.37. The number of nitrogens with zero attached hydrogens (tertiary/aromatic N) is 4. The van der Waals surface area contributed by atoms with Gasteiger partial charge in [-0.15, -0.1) is 0 Å². The number of para-hydroxylation sites is 3. The topological polar surface area (TPSA) is 81.7 Å². The van der Waals surface area contributed by atoms with Crippen molar-refractivity contribution in [1.82, 2.24) is 19.4 Å². The maximum Gasteiger partial charge on any atom is 0.326 e. The van der Waals surface area contributed by atoms with Crippen LogP contribution in [0, 0.1) is 0 Å². The van der Waals surface area contributed by atoms with Crippen LogP contribution in [0.2, 0.25) is 0 Å². The minimum atomic E-state index is -0.508. The third-order valence-corrected chi connectivity index (χ3v) is 8.01. The van der Waals surface area contributed by atoms with Crippen LogP contribution in [0.15, 0.2) is 59.4 Å². The van der Waals surface area contributed by atoms with Crippen molar-refractivity contribution in [1.29, 1.82) is 0 Å². The van der Waals surface area contributed by atoms with Crippen molar-refractivity contribution in [2.75, 3.05) is 37.7 Å². The highest BCUT2D eigenvalue weighted by Gasteiger charge is 2.53. The number of benzene rings is 2. The minimum Gasteiger partial charge on any atom is -0.339 e. The van der Waals surface area contributed by atoms with E-state index in [0.717, 1.165) is 68.5 Å². The number of aromatic amines is 1. The number of carbonyl (C=O) groups excluding carboxylic acids is 2. The van der Waals surface area contributed by atoms with Crippen LogP contribution in [-0.4, -0.2) is 69.4 Å². The Labute approximate surface area is 217 Å². The van der Waals surface area contributed by atoms with E-state index in [1.807, 2.05) is 51.9 Å². The molecule has 3 aromatic rings. The molecule has 5 rings (SSSR count). The standard InChI is InChI=1S/C29H37N5O3/c1-23(35)10-7-8-18-32-22-34(24-11-3-2-4-12-24)29(27(32)36)15-20-31(21-16-29)17-9-19-33-26-14-6-5-13-25(26)30-28(33)37/h2-6,11-14H,7-10,15-22H2,1H3,(H,30,37). The quantitative estimate of drug-likeness (QED) is 0.428. The summed E-state index contributed by atoms with van der Waals surface area (Å²) in [4.78, 5) is 47.2. The Morgan fingerprint density at radius 2 is 1.62 bits per heavy atom. The lowest BCUT2D eigenvalue weighted by Crippen LogP contribution is -2.56. The normalized spacial score (nSPS) is 17.8. The number of rotatable bonds is 10. The van der Waals surface area contributed by atoms with Gasteiger partial charge in [-0.2, -0.15) is 0 Å². The Morgan fingerprint density at radius 1 is 0.892 bits per heavy atom. The van der Waals surface area contributed by atoms with Crippen LogP contribution in [0.1, 0.15) is 45.4 Å². The smallest absolute Gasteiger partial charge is 0.326 e. The Balaban J connectivity index is 1.22. The number of nitrogens with one attached hydrogen (secondary N) is 1. The summed E-state index contributed by atoms with van der Waals surface area (Å²) in [5.41, 5.74) is 2.35. The third-order valence-electron chi connectivity index (χ3n) is 8.01. The molecule has 1 N–H and O–H groups in total. The van der Waals surface area contributed by atoms with Crippen LogP contribution in [-0.2, 0) is 16.1 Å². The number of H-pyrrole nitrogens is 1. The average molecular weight is 504 g/mol. The fraction of sp³-hybridized carbons (Fsp3) is 0.483. The molecule has 8 nitrogen and oxygen atoms in total. The van der Waals surface area contributed by atoms with E-state index in [4.69, 9.17) is 0 Å². The number of fused-ring (bicyclic) bond motifs is 1. The second-order valence-corrected chi connectivity index (χ2v) is 10.5. The van der Waals surface area contributed by atoms with Gasteiger partial charge in [-0.3, -0.25) is 9.36 Å². The number of carbonyl (C=O) groups is 2. The van der Waals surface area contributed by atoms with Crippen molar-refractivity contribution in [3.63, 3.8) is 0 Å². The highest BCUT2D eigenvalue weighted by Crippen LogP contribution is 2.39. The van der Waals surface area contributed by atoms with Gasteiger partial charge in [0.05, 0.1) is 17.7 Å². The summed E-state index contributed by atoms with van der Waals surface area (Å²) in [6.07, 6.45) is 4.71. The van der Waals surface area contributed by atoms with Crippen molar-refractivity contribution in [2.24, 2.45) is 0 Å². The SMILES string of the molecule is CC(=O)CCCCN1CN(c2ccccc2)C2(CCN(CCCn3c(=O)[nH]c4ccccc43)CC2)C1=O. The number of anilines is 1. The van der Waals surface area contributed by atoms with E-state index in [-0.39, 0.29) is 17.4 Å². The largest absolute Gasteiger partial charge is 0.339 e. The monoisotopic (exact) mass is 503 g/mol. The molecule has 0 saturated carbocycles. The number of likely N-dealkylation sites (tertiary alicyclic amines) is 1. The molecule has 0 bridgehead atoms. The number of unbranched alkanes of at least 4 members (excludes halogenated alkanes) is 1. The molecule has 2 aliphatic rings. The summed E-state index contributed by atoms with van der Waals surface area (Å²) in [6, 6.07) is 18.1. The zero-order valence-electron chi connectivity index (χ0n) is 21.7. The molecule has 37 heavy (non-hydrogen) atoms. The number of hydrogen-bond acceptors (Lipinski definition) is 5. The summed E-state index contributed by atoms with van der Waals surface area (Å²) < 4.78 is 1.82. The maximum atomic E-state index is 13.8. The van der Waals surface area contributed by atoms with E-state index in [2.05, 4.69) is 26.9 Å². The van der Waals surface area contributed by atoms with Crippen LogP contribution in [0.4, 0.5) is 5.69 Å². The molecular weight excluding hydrogens is 466 g/mol. The first-order chi connectivity index (χ1) is 18.0. The van der Waals surface area contributed by atoms with E-state index in [9.17, 15) is 14.4 Å². The Kier molecular flexibility index (Phi) is 7.46. The molecular formula is C29H37N5O3. The molecule has 3 heterocycles. The predicted molar refractivity (Wildman–Crippen MR) is 146 cm³/mol. The van der Waals surface area contributed by atoms with Crippen molar-refractivity contribution in [2.45, 2.75) is 57.5 Å². The zero-order valence-corrected chi connectivity index (χ0v) is 21.7. The van der Waals surface area contributed by atoms with Gasteiger partial charge in [0.25, 0.3) is 0 Å². The van der Waals surface area contributed by atoms with Gasteiger partial charge in [0.15, 0.2) is 0 Å². The van der Waals surface area contributed by atoms with Gasteiger partial charge >= 0.3 is 5.69 Å². The molecule has 2 aromatic carbocycles. The fourth-order valence-electron chi connectivity index (χ4n) is 5.98. The number of ketones is 1. The molecule has 2 saturated heterocycles.